The summed E-state index contributed by atoms with van der Waals surface area (Å²) in [4.78, 5) is 0. The Labute approximate surface area is 94.5 Å². The number of halogens is 3. The molecule has 96 valence electrons. The van der Waals surface area contributed by atoms with Gasteiger partial charge in [0.1, 0.15) is 0 Å². The summed E-state index contributed by atoms with van der Waals surface area (Å²) in [5.74, 6) is 0. The molecule has 2 nitrogen and oxygen atoms in total. The predicted molar refractivity (Wildman–Crippen MR) is 56.3 cm³/mol. The zero-order chi connectivity index (χ0) is 12.0. The van der Waals surface area contributed by atoms with Crippen LogP contribution in [0.1, 0.15) is 39.0 Å². The Bertz CT molecular complexity index is 190. The second kappa shape index (κ2) is 6.45. The average molecular weight is 239 g/mol. The quantitative estimate of drug-likeness (QED) is 0.796. The third-order valence-electron chi connectivity index (χ3n) is 2.73. The van der Waals surface area contributed by atoms with Crippen LogP contribution in [0.25, 0.3) is 0 Å². The smallest absolute Gasteiger partial charge is 0.374 e. The van der Waals surface area contributed by atoms with E-state index >= 15 is 0 Å². The van der Waals surface area contributed by atoms with E-state index in [0.717, 1.165) is 12.8 Å². The third-order valence-corrected chi connectivity index (χ3v) is 2.73. The Kier molecular flexibility index (Phi) is 5.55. The molecule has 1 rings (SSSR count). The highest BCUT2D eigenvalue weighted by Gasteiger charge is 2.26. The molecule has 0 aromatic rings. The van der Waals surface area contributed by atoms with Crippen LogP contribution in [-0.2, 0) is 4.74 Å². The summed E-state index contributed by atoms with van der Waals surface area (Å²) in [6.07, 6.45) is 1.65. The van der Waals surface area contributed by atoms with Gasteiger partial charge >= 0.3 is 6.18 Å². The van der Waals surface area contributed by atoms with Gasteiger partial charge in [0.15, 0.2) is 0 Å². The molecule has 1 aliphatic rings. The van der Waals surface area contributed by atoms with Crippen LogP contribution in [0.4, 0.5) is 13.2 Å². The fraction of sp³-hybridized carbons (Fsp3) is 1.00. The van der Waals surface area contributed by atoms with Crippen molar-refractivity contribution < 1.29 is 17.9 Å². The van der Waals surface area contributed by atoms with Gasteiger partial charge in [0.25, 0.3) is 0 Å². The van der Waals surface area contributed by atoms with Crippen LogP contribution in [0.15, 0.2) is 0 Å². The van der Waals surface area contributed by atoms with E-state index < -0.39 is 12.7 Å². The van der Waals surface area contributed by atoms with Crippen LogP contribution in [0.5, 0.6) is 0 Å². The summed E-state index contributed by atoms with van der Waals surface area (Å²) in [5, 5.41) is 2.36. The molecule has 0 spiro atoms. The zero-order valence-corrected chi connectivity index (χ0v) is 9.65. The number of hydrogen-bond acceptors (Lipinski definition) is 2. The third kappa shape index (κ3) is 6.33. The number of ether oxygens (including phenoxy) is 1. The van der Waals surface area contributed by atoms with Crippen molar-refractivity contribution >= 4 is 0 Å². The maximum absolute atomic E-state index is 11.9. The van der Waals surface area contributed by atoms with Crippen LogP contribution in [0, 0.1) is 0 Å². The lowest BCUT2D eigenvalue weighted by Gasteiger charge is -2.26. The Balaban J connectivity index is 2.08. The minimum atomic E-state index is -4.13. The van der Waals surface area contributed by atoms with E-state index in [1.54, 1.807) is 0 Å². The lowest BCUT2D eigenvalue weighted by Crippen LogP contribution is -2.36. The van der Waals surface area contributed by atoms with E-state index in [4.69, 9.17) is 4.74 Å². The van der Waals surface area contributed by atoms with E-state index in [1.165, 1.54) is 19.3 Å². The van der Waals surface area contributed by atoms with Crippen LogP contribution in [0.2, 0.25) is 0 Å². The first-order valence-electron chi connectivity index (χ1n) is 5.90. The van der Waals surface area contributed by atoms with Gasteiger partial charge in [-0.3, -0.25) is 0 Å². The molecule has 0 radical (unpaired) electrons. The van der Waals surface area contributed by atoms with Crippen molar-refractivity contribution in [2.45, 2.75) is 57.4 Å². The normalized spacial score (nSPS) is 21.0. The summed E-state index contributed by atoms with van der Waals surface area (Å²) in [7, 11) is 0. The molecule has 0 amide bonds. The molecule has 1 unspecified atom stereocenters. The van der Waals surface area contributed by atoms with Crippen LogP contribution in [-0.4, -0.2) is 31.5 Å². The van der Waals surface area contributed by atoms with Crippen LogP contribution >= 0.6 is 0 Å². The van der Waals surface area contributed by atoms with Gasteiger partial charge in [-0.15, -0.1) is 0 Å². The second-order valence-corrected chi connectivity index (χ2v) is 4.45. The summed E-state index contributed by atoms with van der Waals surface area (Å²) in [6, 6.07) is 0. The van der Waals surface area contributed by atoms with Gasteiger partial charge in [-0.05, 0) is 19.8 Å². The molecular weight excluding hydrogens is 219 g/mol. The average Bonchev–Trinajstić information content (AvgIpc) is 2.17. The molecule has 5 heteroatoms. The summed E-state index contributed by atoms with van der Waals surface area (Å²) >= 11 is 0. The topological polar surface area (TPSA) is 21.3 Å². The number of rotatable bonds is 5. The Morgan fingerprint density at radius 3 is 2.44 bits per heavy atom. The largest absolute Gasteiger partial charge is 0.401 e. The first-order valence-corrected chi connectivity index (χ1v) is 5.90. The SMILES string of the molecule is CC(CNCC(F)(F)F)OC1CCCCC1. The maximum Gasteiger partial charge on any atom is 0.401 e. The lowest BCUT2D eigenvalue weighted by atomic mass is 9.98. The molecule has 0 heterocycles. The van der Waals surface area contributed by atoms with E-state index in [-0.39, 0.29) is 18.8 Å². The van der Waals surface area contributed by atoms with Gasteiger partial charge in [0.2, 0.25) is 0 Å². The van der Waals surface area contributed by atoms with Crippen molar-refractivity contribution in [3.63, 3.8) is 0 Å². The number of alkyl halides is 3. The molecule has 1 atom stereocenters. The predicted octanol–water partition coefficient (Wildman–Crippen LogP) is 2.88. The monoisotopic (exact) mass is 239 g/mol. The maximum atomic E-state index is 11.9. The van der Waals surface area contributed by atoms with E-state index in [1.807, 2.05) is 6.92 Å². The fourth-order valence-electron chi connectivity index (χ4n) is 2.00. The molecule has 0 aromatic carbocycles. The number of nitrogens with one attached hydrogen (secondary N) is 1. The van der Waals surface area contributed by atoms with E-state index in [9.17, 15) is 13.2 Å². The standard InChI is InChI=1S/C11H20F3NO/c1-9(7-15-8-11(12,13)14)16-10-5-3-2-4-6-10/h9-10,15H,2-8H2,1H3. The van der Waals surface area contributed by atoms with Crippen molar-refractivity contribution in [2.24, 2.45) is 0 Å². The van der Waals surface area contributed by atoms with E-state index in [0.29, 0.717) is 0 Å². The van der Waals surface area contributed by atoms with Gasteiger partial charge < -0.3 is 10.1 Å². The lowest BCUT2D eigenvalue weighted by molar-refractivity contribution is -0.126. The fourth-order valence-corrected chi connectivity index (χ4v) is 2.00. The van der Waals surface area contributed by atoms with Crippen molar-refractivity contribution in [1.82, 2.24) is 5.32 Å². The zero-order valence-electron chi connectivity index (χ0n) is 9.65. The highest BCUT2D eigenvalue weighted by molar-refractivity contribution is 4.68. The molecule has 0 aromatic heterocycles. The van der Waals surface area contributed by atoms with Crippen LogP contribution < -0.4 is 5.32 Å². The van der Waals surface area contributed by atoms with Gasteiger partial charge in [-0.1, -0.05) is 19.3 Å². The Morgan fingerprint density at radius 1 is 1.25 bits per heavy atom. The molecule has 1 aliphatic carbocycles. The Morgan fingerprint density at radius 2 is 1.88 bits per heavy atom. The number of hydrogen-bond donors (Lipinski definition) is 1. The molecule has 1 fully saturated rings. The van der Waals surface area contributed by atoms with Crippen molar-refractivity contribution in [3.8, 4) is 0 Å². The van der Waals surface area contributed by atoms with E-state index in [2.05, 4.69) is 5.32 Å². The van der Waals surface area contributed by atoms with Gasteiger partial charge in [-0.2, -0.15) is 13.2 Å². The Hall–Kier alpha value is -0.290. The summed E-state index contributed by atoms with van der Waals surface area (Å²) in [6.45, 7) is 1.14. The molecule has 0 aliphatic heterocycles. The van der Waals surface area contributed by atoms with Gasteiger partial charge in [0, 0.05) is 6.54 Å². The van der Waals surface area contributed by atoms with Crippen LogP contribution in [0.3, 0.4) is 0 Å². The molecule has 1 N–H and O–H groups in total. The van der Waals surface area contributed by atoms with Crippen molar-refractivity contribution in [1.29, 1.82) is 0 Å². The summed E-state index contributed by atoms with van der Waals surface area (Å²) in [5.41, 5.74) is 0. The molecule has 16 heavy (non-hydrogen) atoms. The first kappa shape index (κ1) is 13.8. The summed E-state index contributed by atoms with van der Waals surface area (Å²) < 4.78 is 41.3. The first-order chi connectivity index (χ1) is 7.47. The highest BCUT2D eigenvalue weighted by atomic mass is 19.4. The van der Waals surface area contributed by atoms with Gasteiger partial charge in [-0.25, -0.2) is 0 Å². The second-order valence-electron chi connectivity index (χ2n) is 4.45. The molecular formula is C11H20F3NO. The minimum absolute atomic E-state index is 0.148. The highest BCUT2D eigenvalue weighted by Crippen LogP contribution is 2.21. The molecule has 1 saturated carbocycles. The van der Waals surface area contributed by atoms with Gasteiger partial charge in [0.05, 0.1) is 18.8 Å². The van der Waals surface area contributed by atoms with Crippen molar-refractivity contribution in [3.05, 3.63) is 0 Å². The molecule has 0 bridgehead atoms. The molecule has 0 saturated heterocycles. The minimum Gasteiger partial charge on any atom is -0.374 e. The van der Waals surface area contributed by atoms with Crippen molar-refractivity contribution in [2.75, 3.05) is 13.1 Å².